The van der Waals surface area contributed by atoms with Crippen molar-refractivity contribution in [1.29, 1.82) is 5.41 Å². The molecule has 30 heavy (non-hydrogen) atoms. The zero-order chi connectivity index (χ0) is 21.7. The maximum atomic E-state index is 7.85. The molecule has 0 saturated carbocycles. The molecule has 8 nitrogen and oxygen atoms in total. The summed E-state index contributed by atoms with van der Waals surface area (Å²) in [7, 11) is 1.79. The van der Waals surface area contributed by atoms with Crippen LogP contribution in [0.25, 0.3) is 0 Å². The number of nitrogens with one attached hydrogen (secondary N) is 3. The molecule has 8 heteroatoms. The van der Waals surface area contributed by atoms with Gasteiger partial charge in [-0.15, -0.1) is 0 Å². The van der Waals surface area contributed by atoms with Crippen molar-refractivity contribution in [1.82, 2.24) is 20.4 Å². The average Bonchev–Trinajstić information content (AvgIpc) is 2.72. The molecular formula is C22H30N8. The minimum atomic E-state index is 0.321. The minimum Gasteiger partial charge on any atom is -0.383 e. The van der Waals surface area contributed by atoms with Crippen LogP contribution in [0.15, 0.2) is 35.2 Å². The number of hydrogen-bond donors (Lipinski definition) is 4. The van der Waals surface area contributed by atoms with Gasteiger partial charge in [0.05, 0.1) is 5.71 Å². The number of pyridine rings is 1. The van der Waals surface area contributed by atoms with Crippen LogP contribution in [0.5, 0.6) is 0 Å². The Kier molecular flexibility index (Phi) is 6.44. The first kappa shape index (κ1) is 21.4. The maximum Gasteiger partial charge on any atom is 0.135 e. The molecular weight excluding hydrogens is 376 g/mol. The third kappa shape index (κ3) is 5.00. The number of allylic oxidation sites excluding steroid dienone is 2. The molecule has 0 fully saturated rings. The van der Waals surface area contributed by atoms with Crippen LogP contribution in [0, 0.1) is 17.7 Å². The van der Waals surface area contributed by atoms with Crippen molar-refractivity contribution in [2.45, 2.75) is 46.6 Å². The Morgan fingerprint density at radius 2 is 2.13 bits per heavy atom. The van der Waals surface area contributed by atoms with Gasteiger partial charge in [0, 0.05) is 48.9 Å². The van der Waals surface area contributed by atoms with E-state index in [1.165, 1.54) is 11.8 Å². The highest BCUT2D eigenvalue weighted by molar-refractivity contribution is 6.13. The number of hydrogen-bond acceptors (Lipinski definition) is 8. The minimum absolute atomic E-state index is 0.321. The van der Waals surface area contributed by atoms with E-state index >= 15 is 0 Å². The van der Waals surface area contributed by atoms with E-state index in [1.54, 1.807) is 26.4 Å². The second kappa shape index (κ2) is 9.02. The van der Waals surface area contributed by atoms with E-state index in [2.05, 4.69) is 50.7 Å². The molecule has 2 aromatic heterocycles. The first-order valence-electron chi connectivity index (χ1n) is 10.1. The summed E-state index contributed by atoms with van der Waals surface area (Å²) in [6.45, 7) is 6.80. The van der Waals surface area contributed by atoms with E-state index in [9.17, 15) is 0 Å². The van der Waals surface area contributed by atoms with E-state index in [4.69, 9.17) is 11.1 Å². The van der Waals surface area contributed by atoms with Crippen molar-refractivity contribution >= 4 is 23.6 Å². The van der Waals surface area contributed by atoms with E-state index in [-0.39, 0.29) is 0 Å². The fourth-order valence-electron chi connectivity index (χ4n) is 3.42. The molecule has 0 amide bonds. The van der Waals surface area contributed by atoms with Crippen molar-refractivity contribution in [3.8, 4) is 0 Å². The second-order valence-corrected chi connectivity index (χ2v) is 8.27. The molecule has 3 rings (SSSR count). The summed E-state index contributed by atoms with van der Waals surface area (Å²) in [5.74, 6) is 1.69. The summed E-state index contributed by atoms with van der Waals surface area (Å²) in [6.07, 6.45) is 10.2. The molecule has 2 heterocycles. The molecule has 0 unspecified atom stereocenters. The third-order valence-corrected chi connectivity index (χ3v) is 5.31. The lowest BCUT2D eigenvalue weighted by atomic mass is 9.77. The molecule has 2 aromatic rings. The van der Waals surface area contributed by atoms with Crippen molar-refractivity contribution in [3.05, 3.63) is 52.6 Å². The topological polar surface area (TPSA) is 125 Å². The maximum absolute atomic E-state index is 7.85. The summed E-state index contributed by atoms with van der Waals surface area (Å²) in [5, 5.41) is 15.6. The van der Waals surface area contributed by atoms with Crippen LogP contribution in [0.2, 0.25) is 0 Å². The third-order valence-electron chi connectivity index (χ3n) is 5.31. The quantitative estimate of drug-likeness (QED) is 0.412. The predicted molar refractivity (Wildman–Crippen MR) is 122 cm³/mol. The molecule has 0 radical (unpaired) electrons. The van der Waals surface area contributed by atoms with Gasteiger partial charge in [-0.2, -0.15) is 5.10 Å². The number of nitrogen functional groups attached to an aromatic ring is 1. The van der Waals surface area contributed by atoms with Crippen LogP contribution in [0.3, 0.4) is 0 Å². The van der Waals surface area contributed by atoms with Crippen molar-refractivity contribution in [2.24, 2.45) is 10.5 Å². The highest BCUT2D eigenvalue weighted by atomic mass is 15.3. The Hall–Kier alpha value is -3.29. The first-order valence-corrected chi connectivity index (χ1v) is 10.1. The number of nitrogens with two attached hydrogens (primary N) is 1. The highest BCUT2D eigenvalue weighted by Crippen LogP contribution is 2.35. The van der Waals surface area contributed by atoms with Gasteiger partial charge in [-0.1, -0.05) is 19.9 Å². The molecule has 0 saturated heterocycles. The van der Waals surface area contributed by atoms with Gasteiger partial charge < -0.3 is 21.9 Å². The van der Waals surface area contributed by atoms with Crippen LogP contribution >= 0.6 is 0 Å². The van der Waals surface area contributed by atoms with Crippen LogP contribution in [-0.4, -0.2) is 33.9 Å². The summed E-state index contributed by atoms with van der Waals surface area (Å²) in [5.41, 5.74) is 13.7. The standard InChI is InChI=1S/C22H30N8/c1-14-26-12-18(20(24)29-14)13-28-21-16(10-23)9-17(11-27-21)19(30-25-4)15-5-7-22(2,3)8-6-15/h5,9-12,23,25H,6-8,13H2,1-4H3,(H,27,28)(H2,24,26,29)/b23-10?,30-19+. The van der Waals surface area contributed by atoms with Gasteiger partial charge in [0.25, 0.3) is 0 Å². The number of nitrogens with zero attached hydrogens (tertiary/aromatic N) is 4. The van der Waals surface area contributed by atoms with Gasteiger partial charge in [0.1, 0.15) is 17.5 Å². The Morgan fingerprint density at radius 3 is 2.77 bits per heavy atom. The predicted octanol–water partition coefficient (Wildman–Crippen LogP) is 3.43. The molecule has 0 bridgehead atoms. The largest absolute Gasteiger partial charge is 0.383 e. The van der Waals surface area contributed by atoms with Crippen LogP contribution in [0.4, 0.5) is 11.6 Å². The van der Waals surface area contributed by atoms with Crippen molar-refractivity contribution in [3.63, 3.8) is 0 Å². The molecule has 0 aromatic carbocycles. The normalized spacial score (nSPS) is 16.0. The van der Waals surface area contributed by atoms with Gasteiger partial charge in [-0.05, 0) is 43.2 Å². The number of aryl methyl sites for hydroxylation is 1. The zero-order valence-corrected chi connectivity index (χ0v) is 18.1. The Morgan fingerprint density at radius 1 is 1.33 bits per heavy atom. The lowest BCUT2D eigenvalue weighted by molar-refractivity contribution is 0.328. The summed E-state index contributed by atoms with van der Waals surface area (Å²) >= 11 is 0. The molecule has 5 N–H and O–H groups in total. The van der Waals surface area contributed by atoms with E-state index in [0.29, 0.717) is 35.0 Å². The average molecular weight is 407 g/mol. The highest BCUT2D eigenvalue weighted by Gasteiger charge is 2.24. The lowest BCUT2D eigenvalue weighted by Gasteiger charge is -2.29. The van der Waals surface area contributed by atoms with Gasteiger partial charge in [-0.25, -0.2) is 15.0 Å². The van der Waals surface area contributed by atoms with Crippen molar-refractivity contribution in [2.75, 3.05) is 18.1 Å². The van der Waals surface area contributed by atoms with Gasteiger partial charge >= 0.3 is 0 Å². The lowest BCUT2D eigenvalue weighted by Crippen LogP contribution is -2.20. The molecule has 158 valence electrons. The van der Waals surface area contributed by atoms with Crippen molar-refractivity contribution < 1.29 is 0 Å². The first-order chi connectivity index (χ1) is 14.3. The van der Waals surface area contributed by atoms with Crippen LogP contribution in [-0.2, 0) is 6.54 Å². The Bertz CT molecular complexity index is 991. The number of rotatable bonds is 7. The molecule has 1 aliphatic carbocycles. The monoisotopic (exact) mass is 406 g/mol. The smallest absolute Gasteiger partial charge is 0.135 e. The van der Waals surface area contributed by atoms with E-state index in [0.717, 1.165) is 36.1 Å². The number of hydrazone groups is 1. The van der Waals surface area contributed by atoms with E-state index in [1.807, 2.05) is 6.07 Å². The SMILES string of the molecule is CN/N=C(\C1=CCC(C)(C)CC1)c1cnc(NCc2cnc(C)nc2N)c(C=N)c1. The summed E-state index contributed by atoms with van der Waals surface area (Å²) in [4.78, 5) is 12.9. The fourth-order valence-corrected chi connectivity index (χ4v) is 3.42. The summed E-state index contributed by atoms with van der Waals surface area (Å²) in [6, 6.07) is 1.94. The Labute approximate surface area is 177 Å². The van der Waals surface area contributed by atoms with Gasteiger partial charge in [0.15, 0.2) is 0 Å². The second-order valence-electron chi connectivity index (χ2n) is 8.27. The van der Waals surface area contributed by atoms with Gasteiger partial charge in [-0.3, -0.25) is 0 Å². The number of anilines is 2. The number of aromatic nitrogens is 3. The summed E-state index contributed by atoms with van der Waals surface area (Å²) < 4.78 is 0. The molecule has 0 spiro atoms. The van der Waals surface area contributed by atoms with Gasteiger partial charge in [0.2, 0.25) is 0 Å². The van der Waals surface area contributed by atoms with Crippen LogP contribution < -0.4 is 16.5 Å². The molecule has 0 atom stereocenters. The molecule has 0 aliphatic heterocycles. The molecule has 1 aliphatic rings. The van der Waals surface area contributed by atoms with Crippen LogP contribution in [0.1, 0.15) is 55.6 Å². The zero-order valence-electron chi connectivity index (χ0n) is 18.1. The Balaban J connectivity index is 1.84. The van der Waals surface area contributed by atoms with E-state index < -0.39 is 0 Å². The fraction of sp³-hybridized carbons (Fsp3) is 0.409.